The van der Waals surface area contributed by atoms with E-state index in [2.05, 4.69) is 0 Å². The molecule has 9 nitrogen and oxygen atoms in total. The Morgan fingerprint density at radius 1 is 1.14 bits per heavy atom. The molecule has 1 aliphatic rings. The maximum absolute atomic E-state index is 11.4. The van der Waals surface area contributed by atoms with Crippen LogP contribution in [0.1, 0.15) is 19.3 Å². The molecular weight excluding hydrogens is 288 g/mol. The molecule has 0 radical (unpaired) electrons. The molecule has 0 aromatic carbocycles. The maximum Gasteiger partial charge on any atom is 0.372 e. The average Bonchev–Trinajstić information content (AvgIpc) is 2.40. The SMILES string of the molecule is O=C(CCC(=O)C(=O)O)OC1C=C(C(=O)O)CC(O)C1O. The number of hydrogen-bond donors (Lipinski definition) is 4. The number of carboxylic acids is 2. The van der Waals surface area contributed by atoms with E-state index in [1.807, 2.05) is 0 Å². The number of hydrogen-bond acceptors (Lipinski definition) is 7. The number of carbonyl (C=O) groups is 4. The van der Waals surface area contributed by atoms with Gasteiger partial charge < -0.3 is 25.2 Å². The minimum Gasteiger partial charge on any atom is -0.478 e. The van der Waals surface area contributed by atoms with Crippen LogP contribution in [0, 0.1) is 0 Å². The second-order valence-electron chi connectivity index (χ2n) is 4.44. The van der Waals surface area contributed by atoms with Crippen molar-refractivity contribution in [2.45, 2.75) is 37.6 Å². The van der Waals surface area contributed by atoms with Gasteiger partial charge in [0, 0.05) is 18.4 Å². The Morgan fingerprint density at radius 2 is 1.76 bits per heavy atom. The number of aliphatic hydroxyl groups excluding tert-OH is 2. The van der Waals surface area contributed by atoms with Gasteiger partial charge in [0.15, 0.2) is 0 Å². The summed E-state index contributed by atoms with van der Waals surface area (Å²) in [6, 6.07) is 0. The van der Waals surface area contributed by atoms with Crippen LogP contribution in [0.3, 0.4) is 0 Å². The van der Waals surface area contributed by atoms with Crippen molar-refractivity contribution in [1.29, 1.82) is 0 Å². The van der Waals surface area contributed by atoms with Crippen LogP contribution >= 0.6 is 0 Å². The molecule has 9 heteroatoms. The molecule has 3 atom stereocenters. The third-order valence-electron chi connectivity index (χ3n) is 2.86. The highest BCUT2D eigenvalue weighted by atomic mass is 16.6. The Labute approximate surface area is 118 Å². The summed E-state index contributed by atoms with van der Waals surface area (Å²) >= 11 is 0. The normalized spacial score (nSPS) is 24.9. The molecule has 4 N–H and O–H groups in total. The zero-order chi connectivity index (χ0) is 16.2. The van der Waals surface area contributed by atoms with Crippen LogP contribution in [0.2, 0.25) is 0 Å². The van der Waals surface area contributed by atoms with Gasteiger partial charge in [-0.3, -0.25) is 9.59 Å². The first-order valence-electron chi connectivity index (χ1n) is 5.98. The van der Waals surface area contributed by atoms with Gasteiger partial charge in [-0.2, -0.15) is 0 Å². The number of carboxylic acid groups (broad SMARTS) is 2. The summed E-state index contributed by atoms with van der Waals surface area (Å²) in [5.74, 6) is -5.14. The molecule has 21 heavy (non-hydrogen) atoms. The molecule has 116 valence electrons. The fourth-order valence-electron chi connectivity index (χ4n) is 1.73. The van der Waals surface area contributed by atoms with Crippen molar-refractivity contribution < 1.29 is 44.3 Å². The average molecular weight is 302 g/mol. The number of esters is 1. The lowest BCUT2D eigenvalue weighted by Gasteiger charge is -2.29. The Kier molecular flexibility index (Phi) is 5.56. The number of rotatable bonds is 6. The van der Waals surface area contributed by atoms with E-state index >= 15 is 0 Å². The lowest BCUT2D eigenvalue weighted by atomic mass is 9.92. The molecule has 0 heterocycles. The molecule has 1 rings (SSSR count). The van der Waals surface area contributed by atoms with Crippen LogP contribution in [0.5, 0.6) is 0 Å². The van der Waals surface area contributed by atoms with Gasteiger partial charge in [0.2, 0.25) is 5.78 Å². The summed E-state index contributed by atoms with van der Waals surface area (Å²) in [5.41, 5.74) is -0.216. The fraction of sp³-hybridized carbons (Fsp3) is 0.500. The second-order valence-corrected chi connectivity index (χ2v) is 4.44. The van der Waals surface area contributed by atoms with Crippen molar-refractivity contribution in [3.05, 3.63) is 11.6 Å². The lowest BCUT2D eigenvalue weighted by molar-refractivity contribution is -0.158. The third-order valence-corrected chi connectivity index (χ3v) is 2.86. The monoisotopic (exact) mass is 302 g/mol. The van der Waals surface area contributed by atoms with Crippen LogP contribution < -0.4 is 0 Å². The van der Waals surface area contributed by atoms with Crippen LogP contribution in [-0.2, 0) is 23.9 Å². The van der Waals surface area contributed by atoms with E-state index in [1.54, 1.807) is 0 Å². The number of ketones is 1. The largest absolute Gasteiger partial charge is 0.478 e. The first kappa shape index (κ1) is 16.8. The number of carbonyl (C=O) groups excluding carboxylic acids is 2. The molecule has 0 amide bonds. The van der Waals surface area contributed by atoms with Crippen molar-refractivity contribution in [1.82, 2.24) is 0 Å². The van der Waals surface area contributed by atoms with Gasteiger partial charge in [-0.05, 0) is 6.08 Å². The maximum atomic E-state index is 11.4. The minimum atomic E-state index is -1.68. The molecule has 3 unspecified atom stereocenters. The van der Waals surface area contributed by atoms with E-state index < -0.39 is 54.8 Å². The van der Waals surface area contributed by atoms with Gasteiger partial charge in [0.05, 0.1) is 12.5 Å². The first-order valence-corrected chi connectivity index (χ1v) is 5.98. The predicted molar refractivity (Wildman–Crippen MR) is 64.1 cm³/mol. The number of aliphatic carboxylic acids is 2. The molecule has 0 saturated carbocycles. The van der Waals surface area contributed by atoms with Gasteiger partial charge in [-0.15, -0.1) is 0 Å². The third kappa shape index (κ3) is 4.65. The second kappa shape index (κ2) is 6.95. The molecule has 0 saturated heterocycles. The van der Waals surface area contributed by atoms with Crippen molar-refractivity contribution in [2.75, 3.05) is 0 Å². The highest BCUT2D eigenvalue weighted by molar-refractivity contribution is 6.32. The Hall–Kier alpha value is -2.26. The highest BCUT2D eigenvalue weighted by Crippen LogP contribution is 2.22. The smallest absolute Gasteiger partial charge is 0.372 e. The molecule has 0 aromatic rings. The molecule has 0 fully saturated rings. The number of Topliss-reactive ketones (excluding diaryl/α,β-unsaturated/α-hetero) is 1. The highest BCUT2D eigenvalue weighted by Gasteiger charge is 2.35. The molecular formula is C12H14O9. The summed E-state index contributed by atoms with van der Waals surface area (Å²) in [7, 11) is 0. The van der Waals surface area contributed by atoms with Crippen LogP contribution in [0.25, 0.3) is 0 Å². The topological polar surface area (TPSA) is 158 Å². The summed E-state index contributed by atoms with van der Waals surface area (Å²) < 4.78 is 4.75. The number of ether oxygens (including phenoxy) is 1. The van der Waals surface area contributed by atoms with Crippen molar-refractivity contribution in [3.8, 4) is 0 Å². The summed E-state index contributed by atoms with van der Waals surface area (Å²) in [6.45, 7) is 0. The zero-order valence-corrected chi connectivity index (χ0v) is 10.8. The van der Waals surface area contributed by atoms with E-state index in [4.69, 9.17) is 14.9 Å². The van der Waals surface area contributed by atoms with Gasteiger partial charge in [-0.1, -0.05) is 0 Å². The number of aliphatic hydroxyl groups is 2. The first-order chi connectivity index (χ1) is 9.72. The lowest BCUT2D eigenvalue weighted by Crippen LogP contribution is -2.43. The van der Waals surface area contributed by atoms with Crippen molar-refractivity contribution >= 4 is 23.7 Å². The van der Waals surface area contributed by atoms with Gasteiger partial charge in [0.1, 0.15) is 12.2 Å². The minimum absolute atomic E-state index is 0.216. The molecule has 0 aliphatic heterocycles. The summed E-state index contributed by atoms with van der Waals surface area (Å²) in [5, 5.41) is 36.3. The van der Waals surface area contributed by atoms with Crippen LogP contribution in [-0.4, -0.2) is 62.4 Å². The molecule has 1 aliphatic carbocycles. The van der Waals surface area contributed by atoms with Crippen LogP contribution in [0.15, 0.2) is 11.6 Å². The zero-order valence-electron chi connectivity index (χ0n) is 10.8. The van der Waals surface area contributed by atoms with E-state index in [-0.39, 0.29) is 12.0 Å². The van der Waals surface area contributed by atoms with E-state index in [0.29, 0.717) is 0 Å². The Morgan fingerprint density at radius 3 is 2.29 bits per heavy atom. The van der Waals surface area contributed by atoms with Gasteiger partial charge in [0.25, 0.3) is 0 Å². The van der Waals surface area contributed by atoms with E-state index in [1.165, 1.54) is 0 Å². The summed E-state index contributed by atoms with van der Waals surface area (Å²) in [4.78, 5) is 43.3. The fourth-order valence-corrected chi connectivity index (χ4v) is 1.73. The van der Waals surface area contributed by atoms with Crippen molar-refractivity contribution in [3.63, 3.8) is 0 Å². The predicted octanol–water partition coefficient (Wildman–Crippen LogP) is -1.53. The summed E-state index contributed by atoms with van der Waals surface area (Å²) in [6.07, 6.45) is -4.66. The van der Waals surface area contributed by atoms with Crippen LogP contribution in [0.4, 0.5) is 0 Å². The van der Waals surface area contributed by atoms with Gasteiger partial charge in [-0.25, -0.2) is 9.59 Å². The standard InChI is InChI=1S/C12H14O9/c13-6(12(19)20)1-2-9(15)21-8-4-5(11(17)18)3-7(14)10(8)16/h4,7-8,10,14,16H,1-3H2,(H,17,18)(H,19,20). The van der Waals surface area contributed by atoms with E-state index in [0.717, 1.165) is 6.08 Å². The van der Waals surface area contributed by atoms with Crippen molar-refractivity contribution in [2.24, 2.45) is 0 Å². The Balaban J connectivity index is 2.65. The molecule has 0 aromatic heterocycles. The molecule has 0 bridgehead atoms. The molecule has 0 spiro atoms. The Bertz CT molecular complexity index is 493. The quantitative estimate of drug-likeness (QED) is 0.337. The van der Waals surface area contributed by atoms with Gasteiger partial charge >= 0.3 is 17.9 Å². The van der Waals surface area contributed by atoms with E-state index in [9.17, 15) is 29.4 Å².